The first-order valence-electron chi connectivity index (χ1n) is 8.17. The third-order valence-corrected chi connectivity index (χ3v) is 5.80. The van der Waals surface area contributed by atoms with Crippen LogP contribution in [0, 0.1) is 3.57 Å². The number of hydrogen-bond donors (Lipinski definition) is 1. The van der Waals surface area contributed by atoms with E-state index >= 15 is 0 Å². The summed E-state index contributed by atoms with van der Waals surface area (Å²) in [7, 11) is 0. The van der Waals surface area contributed by atoms with Gasteiger partial charge < -0.3 is 10.2 Å². The van der Waals surface area contributed by atoms with Gasteiger partial charge in [-0.25, -0.2) is 0 Å². The topological polar surface area (TPSA) is 32.3 Å². The highest BCUT2D eigenvalue weighted by Gasteiger charge is 2.10. The van der Waals surface area contributed by atoms with Crippen LogP contribution >= 0.6 is 34.4 Å². The Morgan fingerprint density at radius 3 is 2.38 bits per heavy atom. The van der Waals surface area contributed by atoms with Gasteiger partial charge in [-0.3, -0.25) is 4.79 Å². The first-order valence-corrected chi connectivity index (χ1v) is 10.4. The van der Waals surface area contributed by atoms with Crippen LogP contribution in [0.25, 0.3) is 0 Å². The number of nitrogens with zero attached hydrogens (tertiary/aromatic N) is 1. The van der Waals surface area contributed by atoms with Crippen molar-refractivity contribution in [3.05, 3.63) is 63.2 Å². The summed E-state index contributed by atoms with van der Waals surface area (Å²) < 4.78 is 1.13. The van der Waals surface area contributed by atoms with Gasteiger partial charge in [0.1, 0.15) is 0 Å². The highest BCUT2D eigenvalue weighted by Crippen LogP contribution is 2.14. The molecule has 0 unspecified atom stereocenters. The maximum Gasteiger partial charge on any atom is 0.255 e. The van der Waals surface area contributed by atoms with E-state index in [0.717, 1.165) is 22.2 Å². The lowest BCUT2D eigenvalue weighted by atomic mass is 10.1. The standard InChI is InChI=1S/C19H21IN2OS/c20-17-5-3-16(4-6-17)19(23)21-18-7-1-15(2-8-18)9-10-22-11-13-24-14-12-22/h1-8H,9-14H2,(H,21,23). The van der Waals surface area contributed by atoms with Crippen LogP contribution in [0.4, 0.5) is 5.69 Å². The van der Waals surface area contributed by atoms with Gasteiger partial charge in [-0.2, -0.15) is 11.8 Å². The zero-order chi connectivity index (χ0) is 16.8. The molecule has 1 aliphatic heterocycles. The molecule has 0 atom stereocenters. The molecule has 126 valence electrons. The number of hydrogen-bond acceptors (Lipinski definition) is 3. The minimum absolute atomic E-state index is 0.0648. The Morgan fingerprint density at radius 1 is 1.04 bits per heavy atom. The first-order chi connectivity index (χ1) is 11.7. The number of rotatable bonds is 5. The Bertz CT molecular complexity index is 667. The molecule has 1 amide bonds. The van der Waals surface area contributed by atoms with E-state index in [1.54, 1.807) is 0 Å². The molecular formula is C19H21IN2OS. The van der Waals surface area contributed by atoms with Gasteiger partial charge >= 0.3 is 0 Å². The monoisotopic (exact) mass is 452 g/mol. The van der Waals surface area contributed by atoms with Crippen LogP contribution in [-0.2, 0) is 6.42 Å². The average molecular weight is 452 g/mol. The maximum absolute atomic E-state index is 12.2. The summed E-state index contributed by atoms with van der Waals surface area (Å²) in [5.74, 6) is 2.44. The Hall–Kier alpha value is -1.05. The van der Waals surface area contributed by atoms with E-state index in [2.05, 4.69) is 44.9 Å². The lowest BCUT2D eigenvalue weighted by Crippen LogP contribution is -2.34. The fourth-order valence-electron chi connectivity index (χ4n) is 2.67. The Balaban J connectivity index is 1.52. The van der Waals surface area contributed by atoms with Gasteiger partial charge in [-0.15, -0.1) is 0 Å². The minimum Gasteiger partial charge on any atom is -0.322 e. The lowest BCUT2D eigenvalue weighted by molar-refractivity contribution is 0.102. The summed E-state index contributed by atoms with van der Waals surface area (Å²) >= 11 is 4.28. The largest absolute Gasteiger partial charge is 0.322 e. The van der Waals surface area contributed by atoms with Crippen LogP contribution in [0.15, 0.2) is 48.5 Å². The second kappa shape index (κ2) is 8.87. The zero-order valence-electron chi connectivity index (χ0n) is 13.5. The molecule has 0 saturated carbocycles. The molecule has 0 bridgehead atoms. The number of halogens is 1. The second-order valence-electron chi connectivity index (χ2n) is 5.86. The molecule has 0 aromatic heterocycles. The molecule has 0 radical (unpaired) electrons. The van der Waals surface area contributed by atoms with Crippen molar-refractivity contribution in [2.45, 2.75) is 6.42 Å². The first kappa shape index (κ1) is 17.8. The van der Waals surface area contributed by atoms with Gasteiger partial charge in [-0.1, -0.05) is 12.1 Å². The van der Waals surface area contributed by atoms with Gasteiger partial charge in [0.05, 0.1) is 0 Å². The Labute approximate surface area is 161 Å². The van der Waals surface area contributed by atoms with Crippen molar-refractivity contribution in [3.63, 3.8) is 0 Å². The van der Waals surface area contributed by atoms with Crippen molar-refractivity contribution >= 4 is 45.9 Å². The van der Waals surface area contributed by atoms with E-state index in [4.69, 9.17) is 0 Å². The van der Waals surface area contributed by atoms with E-state index in [9.17, 15) is 4.79 Å². The van der Waals surface area contributed by atoms with Crippen LogP contribution in [0.5, 0.6) is 0 Å². The van der Waals surface area contributed by atoms with Crippen LogP contribution < -0.4 is 5.32 Å². The molecule has 24 heavy (non-hydrogen) atoms. The van der Waals surface area contributed by atoms with Gasteiger partial charge in [0.2, 0.25) is 0 Å². The summed E-state index contributed by atoms with van der Waals surface area (Å²) in [6.07, 6.45) is 1.07. The van der Waals surface area contributed by atoms with E-state index < -0.39 is 0 Å². The third-order valence-electron chi connectivity index (χ3n) is 4.14. The van der Waals surface area contributed by atoms with Crippen LogP contribution in [0.3, 0.4) is 0 Å². The van der Waals surface area contributed by atoms with E-state index in [1.807, 2.05) is 48.2 Å². The number of nitrogens with one attached hydrogen (secondary N) is 1. The van der Waals surface area contributed by atoms with Gasteiger partial charge in [0.25, 0.3) is 5.91 Å². The van der Waals surface area contributed by atoms with Crippen LogP contribution in [0.1, 0.15) is 15.9 Å². The quantitative estimate of drug-likeness (QED) is 0.693. The van der Waals surface area contributed by atoms with Crippen LogP contribution in [-0.4, -0.2) is 41.9 Å². The zero-order valence-corrected chi connectivity index (χ0v) is 16.5. The van der Waals surface area contributed by atoms with Crippen molar-refractivity contribution in [1.29, 1.82) is 0 Å². The number of anilines is 1. The van der Waals surface area contributed by atoms with Gasteiger partial charge in [0.15, 0.2) is 0 Å². The van der Waals surface area contributed by atoms with Gasteiger partial charge in [-0.05, 0) is 71.0 Å². The molecule has 0 spiro atoms. The normalized spacial score (nSPS) is 15.2. The lowest BCUT2D eigenvalue weighted by Gasteiger charge is -2.26. The average Bonchev–Trinajstić information content (AvgIpc) is 2.62. The summed E-state index contributed by atoms with van der Waals surface area (Å²) in [5.41, 5.74) is 2.85. The van der Waals surface area contributed by atoms with E-state index in [1.165, 1.54) is 30.2 Å². The number of amides is 1. The molecule has 0 aliphatic carbocycles. The molecule has 2 aromatic carbocycles. The van der Waals surface area contributed by atoms with Gasteiger partial charge in [0, 0.05) is 46.0 Å². The fourth-order valence-corrected chi connectivity index (χ4v) is 4.01. The molecule has 1 saturated heterocycles. The Morgan fingerprint density at radius 2 is 1.71 bits per heavy atom. The number of benzene rings is 2. The smallest absolute Gasteiger partial charge is 0.255 e. The summed E-state index contributed by atoms with van der Waals surface area (Å²) in [6, 6.07) is 15.8. The molecule has 3 rings (SSSR count). The number of thioether (sulfide) groups is 1. The second-order valence-corrected chi connectivity index (χ2v) is 8.33. The molecule has 3 nitrogen and oxygen atoms in total. The molecule has 1 aliphatic rings. The minimum atomic E-state index is -0.0648. The molecule has 1 fully saturated rings. The van der Waals surface area contributed by atoms with Crippen molar-refractivity contribution in [2.75, 3.05) is 36.5 Å². The molecule has 5 heteroatoms. The van der Waals surface area contributed by atoms with E-state index in [0.29, 0.717) is 5.56 Å². The highest BCUT2D eigenvalue weighted by atomic mass is 127. The Kier molecular flexibility index (Phi) is 6.57. The predicted octanol–water partition coefficient (Wildman–Crippen LogP) is 4.13. The fraction of sp³-hybridized carbons (Fsp3) is 0.316. The van der Waals surface area contributed by atoms with Crippen LogP contribution in [0.2, 0.25) is 0 Å². The van der Waals surface area contributed by atoms with Crippen molar-refractivity contribution in [1.82, 2.24) is 4.90 Å². The highest BCUT2D eigenvalue weighted by molar-refractivity contribution is 14.1. The van der Waals surface area contributed by atoms with E-state index in [-0.39, 0.29) is 5.91 Å². The molecule has 1 N–H and O–H groups in total. The van der Waals surface area contributed by atoms with Crippen molar-refractivity contribution in [2.24, 2.45) is 0 Å². The maximum atomic E-state index is 12.2. The summed E-state index contributed by atoms with van der Waals surface area (Å²) in [4.78, 5) is 14.8. The number of carbonyl (C=O) groups is 1. The van der Waals surface area contributed by atoms with Crippen molar-refractivity contribution < 1.29 is 4.79 Å². The molecular weight excluding hydrogens is 431 g/mol. The summed E-state index contributed by atoms with van der Waals surface area (Å²) in [5, 5.41) is 2.96. The SMILES string of the molecule is O=C(Nc1ccc(CCN2CCSCC2)cc1)c1ccc(I)cc1. The number of carbonyl (C=O) groups excluding carboxylic acids is 1. The molecule has 1 heterocycles. The third kappa shape index (κ3) is 5.22. The molecule has 2 aromatic rings. The summed E-state index contributed by atoms with van der Waals surface area (Å²) in [6.45, 7) is 3.53. The predicted molar refractivity (Wildman–Crippen MR) is 111 cm³/mol. The van der Waals surface area contributed by atoms with Crippen molar-refractivity contribution in [3.8, 4) is 0 Å².